The SMILES string of the molecule is CC(=O)N1CC2CCC1CC2CC(=O)O. The quantitative estimate of drug-likeness (QED) is 0.744. The number of nitrogens with zero attached hydrogens (tertiary/aromatic N) is 1. The van der Waals surface area contributed by atoms with E-state index in [1.54, 1.807) is 6.92 Å². The van der Waals surface area contributed by atoms with E-state index in [9.17, 15) is 9.59 Å². The van der Waals surface area contributed by atoms with Crippen molar-refractivity contribution in [2.24, 2.45) is 11.8 Å². The molecule has 3 atom stereocenters. The zero-order valence-corrected chi connectivity index (χ0v) is 8.98. The van der Waals surface area contributed by atoms with Crippen molar-refractivity contribution >= 4 is 11.9 Å². The van der Waals surface area contributed by atoms with Gasteiger partial charge in [-0.25, -0.2) is 0 Å². The maximum atomic E-state index is 11.3. The van der Waals surface area contributed by atoms with E-state index in [1.165, 1.54) is 0 Å². The number of rotatable bonds is 2. The molecule has 3 rings (SSSR count). The zero-order valence-electron chi connectivity index (χ0n) is 8.98. The molecular formula is C11H17NO3. The van der Waals surface area contributed by atoms with E-state index >= 15 is 0 Å². The van der Waals surface area contributed by atoms with Gasteiger partial charge in [-0.1, -0.05) is 0 Å². The Balaban J connectivity index is 2.02. The lowest BCUT2D eigenvalue weighted by atomic mass is 9.70. The molecule has 0 aromatic rings. The first-order valence-corrected chi connectivity index (χ1v) is 5.57. The fourth-order valence-corrected chi connectivity index (χ4v) is 3.09. The summed E-state index contributed by atoms with van der Waals surface area (Å²) < 4.78 is 0. The highest BCUT2D eigenvalue weighted by Crippen LogP contribution is 2.40. The van der Waals surface area contributed by atoms with Crippen molar-refractivity contribution < 1.29 is 14.7 Å². The third-order valence-corrected chi connectivity index (χ3v) is 3.83. The van der Waals surface area contributed by atoms with Crippen LogP contribution in [0, 0.1) is 11.8 Å². The van der Waals surface area contributed by atoms with Gasteiger partial charge in [0.2, 0.25) is 5.91 Å². The molecule has 15 heavy (non-hydrogen) atoms. The van der Waals surface area contributed by atoms with Crippen LogP contribution in [0.4, 0.5) is 0 Å². The van der Waals surface area contributed by atoms with Gasteiger partial charge in [-0.3, -0.25) is 9.59 Å². The third-order valence-electron chi connectivity index (χ3n) is 3.83. The van der Waals surface area contributed by atoms with E-state index in [4.69, 9.17) is 5.11 Å². The Bertz CT molecular complexity index is 290. The van der Waals surface area contributed by atoms with Crippen molar-refractivity contribution in [3.63, 3.8) is 0 Å². The predicted octanol–water partition coefficient (Wildman–Crippen LogP) is 1.11. The molecule has 4 heteroatoms. The van der Waals surface area contributed by atoms with E-state index in [-0.39, 0.29) is 18.2 Å². The summed E-state index contributed by atoms with van der Waals surface area (Å²) in [6, 6.07) is 0.303. The smallest absolute Gasteiger partial charge is 0.303 e. The number of hydrogen-bond acceptors (Lipinski definition) is 2. The molecule has 3 unspecified atom stereocenters. The summed E-state index contributed by atoms with van der Waals surface area (Å²) in [5.74, 6) is 0.132. The number of carboxylic acid groups (broad SMARTS) is 1. The minimum atomic E-state index is -0.707. The fourth-order valence-electron chi connectivity index (χ4n) is 3.09. The standard InChI is InChI=1S/C11H17NO3/c1-7(13)12-6-8-2-3-10(12)4-9(8)5-11(14)15/h8-10H,2-6H2,1H3,(H,14,15). The maximum Gasteiger partial charge on any atom is 0.303 e. The number of aliphatic carboxylic acids is 1. The van der Waals surface area contributed by atoms with Gasteiger partial charge in [-0.2, -0.15) is 0 Å². The average Bonchev–Trinajstić information content (AvgIpc) is 2.17. The normalized spacial score (nSPS) is 34.2. The molecule has 2 bridgehead atoms. The van der Waals surface area contributed by atoms with Crippen LogP contribution in [-0.4, -0.2) is 34.5 Å². The summed E-state index contributed by atoms with van der Waals surface area (Å²) >= 11 is 0. The van der Waals surface area contributed by atoms with Crippen LogP contribution >= 0.6 is 0 Å². The van der Waals surface area contributed by atoms with Gasteiger partial charge in [0, 0.05) is 25.9 Å². The van der Waals surface area contributed by atoms with Gasteiger partial charge < -0.3 is 10.0 Å². The van der Waals surface area contributed by atoms with Gasteiger partial charge in [0.25, 0.3) is 0 Å². The van der Waals surface area contributed by atoms with Crippen LogP contribution in [0.5, 0.6) is 0 Å². The second-order valence-corrected chi connectivity index (χ2v) is 4.76. The van der Waals surface area contributed by atoms with E-state index in [0.717, 1.165) is 25.8 Å². The second-order valence-electron chi connectivity index (χ2n) is 4.76. The fraction of sp³-hybridized carbons (Fsp3) is 0.818. The Morgan fingerprint density at radius 1 is 1.40 bits per heavy atom. The number of hydrogen-bond donors (Lipinski definition) is 1. The lowest BCUT2D eigenvalue weighted by Gasteiger charge is -2.49. The summed E-state index contributed by atoms with van der Waals surface area (Å²) in [6.45, 7) is 2.38. The third kappa shape index (κ3) is 1.98. The Morgan fingerprint density at radius 3 is 2.60 bits per heavy atom. The van der Waals surface area contributed by atoms with Gasteiger partial charge in [-0.15, -0.1) is 0 Å². The van der Waals surface area contributed by atoms with Crippen molar-refractivity contribution in [3.8, 4) is 0 Å². The highest BCUT2D eigenvalue weighted by atomic mass is 16.4. The highest BCUT2D eigenvalue weighted by molar-refractivity contribution is 5.74. The van der Waals surface area contributed by atoms with Crippen LogP contribution in [0.3, 0.4) is 0 Å². The van der Waals surface area contributed by atoms with Gasteiger partial charge in [0.1, 0.15) is 0 Å². The van der Waals surface area contributed by atoms with E-state index < -0.39 is 5.97 Å². The number of carboxylic acids is 1. The maximum absolute atomic E-state index is 11.3. The molecule has 2 aliphatic heterocycles. The number of carbonyl (C=O) groups excluding carboxylic acids is 1. The molecule has 1 amide bonds. The first-order valence-electron chi connectivity index (χ1n) is 5.57. The Kier molecular flexibility index (Phi) is 2.67. The van der Waals surface area contributed by atoms with Crippen LogP contribution in [0.1, 0.15) is 32.6 Å². The van der Waals surface area contributed by atoms with E-state index in [1.807, 2.05) is 4.90 Å². The molecule has 3 fully saturated rings. The molecular weight excluding hydrogens is 194 g/mol. The topological polar surface area (TPSA) is 57.6 Å². The van der Waals surface area contributed by atoms with Crippen LogP contribution in [0.25, 0.3) is 0 Å². The van der Waals surface area contributed by atoms with Gasteiger partial charge in [0.15, 0.2) is 0 Å². The molecule has 1 N–H and O–H groups in total. The van der Waals surface area contributed by atoms with E-state index in [2.05, 4.69) is 0 Å². The molecule has 2 saturated heterocycles. The van der Waals surface area contributed by atoms with Gasteiger partial charge in [0.05, 0.1) is 0 Å². The Hall–Kier alpha value is -1.06. The summed E-state index contributed by atoms with van der Waals surface area (Å²) in [4.78, 5) is 23.9. The monoisotopic (exact) mass is 211 g/mol. The molecule has 0 radical (unpaired) electrons. The molecule has 0 aromatic carbocycles. The average molecular weight is 211 g/mol. The molecule has 1 saturated carbocycles. The largest absolute Gasteiger partial charge is 0.481 e. The van der Waals surface area contributed by atoms with Crippen LogP contribution < -0.4 is 0 Å². The van der Waals surface area contributed by atoms with Crippen LogP contribution in [-0.2, 0) is 9.59 Å². The lowest BCUT2D eigenvalue weighted by molar-refractivity contribution is -0.143. The predicted molar refractivity (Wildman–Crippen MR) is 54.3 cm³/mol. The molecule has 0 aromatic heterocycles. The first kappa shape index (κ1) is 10.5. The van der Waals surface area contributed by atoms with Gasteiger partial charge in [-0.05, 0) is 31.1 Å². The summed E-state index contributed by atoms with van der Waals surface area (Å²) in [5.41, 5.74) is 0. The van der Waals surface area contributed by atoms with Crippen LogP contribution in [0.2, 0.25) is 0 Å². The van der Waals surface area contributed by atoms with Crippen molar-refractivity contribution in [2.75, 3.05) is 6.54 Å². The van der Waals surface area contributed by atoms with Crippen LogP contribution in [0.15, 0.2) is 0 Å². The second kappa shape index (κ2) is 3.83. The molecule has 84 valence electrons. The molecule has 2 heterocycles. The molecule has 4 nitrogen and oxygen atoms in total. The minimum Gasteiger partial charge on any atom is -0.481 e. The Labute approximate surface area is 89.3 Å². The van der Waals surface area contributed by atoms with Crippen molar-refractivity contribution in [1.82, 2.24) is 4.90 Å². The summed E-state index contributed by atoms with van der Waals surface area (Å²) in [6.07, 6.45) is 3.30. The number of carbonyl (C=O) groups is 2. The summed E-state index contributed by atoms with van der Waals surface area (Å²) in [5, 5.41) is 8.79. The number of piperidine rings is 2. The minimum absolute atomic E-state index is 0.137. The van der Waals surface area contributed by atoms with Gasteiger partial charge >= 0.3 is 5.97 Å². The molecule has 1 aliphatic carbocycles. The molecule has 0 spiro atoms. The highest BCUT2D eigenvalue weighted by Gasteiger charge is 2.41. The van der Waals surface area contributed by atoms with Crippen molar-refractivity contribution in [1.29, 1.82) is 0 Å². The zero-order chi connectivity index (χ0) is 11.0. The van der Waals surface area contributed by atoms with Crippen molar-refractivity contribution in [3.05, 3.63) is 0 Å². The molecule has 3 aliphatic rings. The Morgan fingerprint density at radius 2 is 2.13 bits per heavy atom. The number of fused-ring (bicyclic) bond motifs is 3. The number of amides is 1. The lowest BCUT2D eigenvalue weighted by Crippen LogP contribution is -2.53. The summed E-state index contributed by atoms with van der Waals surface area (Å²) in [7, 11) is 0. The first-order chi connectivity index (χ1) is 7.08. The van der Waals surface area contributed by atoms with E-state index in [0.29, 0.717) is 12.0 Å². The van der Waals surface area contributed by atoms with Crippen molar-refractivity contribution in [2.45, 2.75) is 38.6 Å².